The summed E-state index contributed by atoms with van der Waals surface area (Å²) in [5.74, 6) is 1.01. The molecule has 1 amide bonds. The van der Waals surface area contributed by atoms with Gasteiger partial charge in [0.1, 0.15) is 11.5 Å². The van der Waals surface area contributed by atoms with E-state index < -0.39 is 12.1 Å². The van der Waals surface area contributed by atoms with Crippen molar-refractivity contribution in [3.63, 3.8) is 0 Å². The summed E-state index contributed by atoms with van der Waals surface area (Å²) in [4.78, 5) is 27.8. The van der Waals surface area contributed by atoms with Gasteiger partial charge in [-0.1, -0.05) is 42.5 Å². The van der Waals surface area contributed by atoms with Crippen molar-refractivity contribution in [2.45, 2.75) is 59.2 Å². The van der Waals surface area contributed by atoms with Gasteiger partial charge in [-0.3, -0.25) is 4.79 Å². The normalized spacial score (nSPS) is 10.9. The lowest BCUT2D eigenvalue weighted by atomic mass is 10.0. The van der Waals surface area contributed by atoms with Gasteiger partial charge in [-0.05, 0) is 74.2 Å². The molecule has 9 heteroatoms. The molecule has 1 heterocycles. The number of aliphatic carboxylic acids is 1. The van der Waals surface area contributed by atoms with Crippen molar-refractivity contribution in [2.24, 2.45) is 0 Å². The first kappa shape index (κ1) is 30.2. The molecule has 0 radical (unpaired) electrons. The highest BCUT2D eigenvalue weighted by atomic mass is 16.6. The summed E-state index contributed by atoms with van der Waals surface area (Å²) in [5, 5.41) is 15.3. The largest absolute Gasteiger partial charge is 0.493 e. The number of aryl methyl sites for hydroxylation is 2. The molecule has 3 aromatic carbocycles. The Morgan fingerprint density at radius 1 is 0.952 bits per heavy atom. The van der Waals surface area contributed by atoms with Gasteiger partial charge in [-0.2, -0.15) is 0 Å². The van der Waals surface area contributed by atoms with Gasteiger partial charge in [0.05, 0.1) is 18.4 Å². The number of benzene rings is 3. The van der Waals surface area contributed by atoms with Crippen LogP contribution in [0.4, 0.5) is 10.5 Å². The van der Waals surface area contributed by atoms with E-state index in [2.05, 4.69) is 22.8 Å². The Labute approximate surface area is 245 Å². The zero-order valence-electron chi connectivity index (χ0n) is 24.2. The minimum absolute atomic E-state index is 0.0105. The molecule has 3 N–H and O–H groups in total. The second-order valence-electron chi connectivity index (χ2n) is 10.2. The summed E-state index contributed by atoms with van der Waals surface area (Å²) >= 11 is 0. The van der Waals surface area contributed by atoms with Crippen LogP contribution in [-0.2, 0) is 35.5 Å². The molecule has 0 aliphatic heterocycles. The molecule has 42 heavy (non-hydrogen) atoms. The molecule has 0 atom stereocenters. The SMILES string of the molecule is Cc1oc(-c2cccc(NCc3ccccc3)c2)nc1CCOc1ccc(CCC(=O)O)c(CNC(=O)OC(C)C)c1. The maximum Gasteiger partial charge on any atom is 0.407 e. The van der Waals surface area contributed by atoms with Crippen LogP contribution in [0.15, 0.2) is 77.2 Å². The number of carbonyl (C=O) groups is 2. The molecule has 0 aliphatic rings. The molecule has 0 fully saturated rings. The first-order chi connectivity index (χ1) is 20.3. The molecule has 0 aliphatic carbocycles. The number of oxazole rings is 1. The molecule has 9 nitrogen and oxygen atoms in total. The molecule has 0 unspecified atom stereocenters. The van der Waals surface area contributed by atoms with Crippen LogP contribution in [0.5, 0.6) is 5.75 Å². The van der Waals surface area contributed by atoms with Gasteiger partial charge >= 0.3 is 12.1 Å². The van der Waals surface area contributed by atoms with Crippen LogP contribution in [-0.4, -0.2) is 34.9 Å². The van der Waals surface area contributed by atoms with Crippen molar-refractivity contribution in [2.75, 3.05) is 11.9 Å². The molecule has 0 saturated heterocycles. The van der Waals surface area contributed by atoms with E-state index >= 15 is 0 Å². The van der Waals surface area contributed by atoms with Crippen LogP contribution in [0.3, 0.4) is 0 Å². The van der Waals surface area contributed by atoms with E-state index in [1.807, 2.05) is 67.6 Å². The van der Waals surface area contributed by atoms with Gasteiger partial charge in [0.25, 0.3) is 0 Å². The topological polar surface area (TPSA) is 123 Å². The zero-order chi connectivity index (χ0) is 29.9. The summed E-state index contributed by atoms with van der Waals surface area (Å²) in [5.41, 5.74) is 5.47. The number of carboxylic acids is 1. The number of nitrogens with zero attached hydrogens (tertiary/aromatic N) is 1. The lowest BCUT2D eigenvalue weighted by molar-refractivity contribution is -0.136. The molecule has 4 aromatic rings. The third-order valence-electron chi connectivity index (χ3n) is 6.50. The third-order valence-corrected chi connectivity index (χ3v) is 6.50. The van der Waals surface area contributed by atoms with Gasteiger partial charge in [0, 0.05) is 37.2 Å². The Morgan fingerprint density at radius 3 is 2.52 bits per heavy atom. The van der Waals surface area contributed by atoms with Crippen LogP contribution in [0.2, 0.25) is 0 Å². The van der Waals surface area contributed by atoms with Crippen LogP contribution in [0, 0.1) is 6.92 Å². The van der Waals surface area contributed by atoms with E-state index in [1.54, 1.807) is 13.8 Å². The predicted octanol–water partition coefficient (Wildman–Crippen LogP) is 6.54. The number of nitrogens with one attached hydrogen (secondary N) is 2. The molecule has 0 bridgehead atoms. The molecule has 0 saturated carbocycles. The van der Waals surface area contributed by atoms with Crippen LogP contribution >= 0.6 is 0 Å². The maximum absolute atomic E-state index is 12.0. The highest BCUT2D eigenvalue weighted by Gasteiger charge is 2.14. The summed E-state index contributed by atoms with van der Waals surface area (Å²) < 4.78 is 17.1. The molecule has 4 rings (SSSR count). The zero-order valence-corrected chi connectivity index (χ0v) is 24.2. The predicted molar refractivity (Wildman–Crippen MR) is 160 cm³/mol. The molecule has 1 aromatic heterocycles. The average molecular weight is 572 g/mol. The Morgan fingerprint density at radius 2 is 1.76 bits per heavy atom. The Hall–Kier alpha value is -4.79. The Bertz CT molecular complexity index is 1480. The van der Waals surface area contributed by atoms with Crippen molar-refractivity contribution in [1.29, 1.82) is 0 Å². The second-order valence-corrected chi connectivity index (χ2v) is 10.2. The lowest BCUT2D eigenvalue weighted by Gasteiger charge is -2.14. The smallest absolute Gasteiger partial charge is 0.407 e. The van der Waals surface area contributed by atoms with E-state index in [0.29, 0.717) is 31.1 Å². The van der Waals surface area contributed by atoms with Crippen molar-refractivity contribution in [1.82, 2.24) is 10.3 Å². The van der Waals surface area contributed by atoms with Gasteiger partial charge in [-0.15, -0.1) is 0 Å². The molecular weight excluding hydrogens is 534 g/mol. The van der Waals surface area contributed by atoms with E-state index in [4.69, 9.17) is 24.0 Å². The number of aromatic nitrogens is 1. The minimum atomic E-state index is -0.883. The number of alkyl carbamates (subject to hydrolysis) is 1. The van der Waals surface area contributed by atoms with Crippen molar-refractivity contribution in [3.8, 4) is 17.2 Å². The Balaban J connectivity index is 1.37. The number of ether oxygens (including phenoxy) is 2. The first-order valence-corrected chi connectivity index (χ1v) is 14.0. The second kappa shape index (κ2) is 14.7. The number of amides is 1. The molecular formula is C33H37N3O6. The summed E-state index contributed by atoms with van der Waals surface area (Å²) in [6.07, 6.45) is 0.0948. The fraction of sp³-hybridized carbons (Fsp3) is 0.303. The van der Waals surface area contributed by atoms with E-state index in [-0.39, 0.29) is 19.1 Å². The van der Waals surface area contributed by atoms with Gasteiger partial charge in [-0.25, -0.2) is 9.78 Å². The molecule has 220 valence electrons. The van der Waals surface area contributed by atoms with Crippen LogP contribution < -0.4 is 15.4 Å². The monoisotopic (exact) mass is 571 g/mol. The number of hydrogen-bond acceptors (Lipinski definition) is 7. The average Bonchev–Trinajstić information content (AvgIpc) is 3.35. The first-order valence-electron chi connectivity index (χ1n) is 14.0. The van der Waals surface area contributed by atoms with Crippen LogP contribution in [0.1, 0.15) is 48.4 Å². The lowest BCUT2D eigenvalue weighted by Crippen LogP contribution is -2.26. The fourth-order valence-electron chi connectivity index (χ4n) is 4.38. The fourth-order valence-corrected chi connectivity index (χ4v) is 4.38. The highest BCUT2D eigenvalue weighted by Crippen LogP contribution is 2.26. The number of carboxylic acid groups (broad SMARTS) is 1. The standard InChI is InChI=1S/C33H37N3O6/c1-22(2)41-33(39)35-21-27-19-29(14-12-25(27)13-15-31(37)38)40-17-16-30-23(3)42-32(36-30)26-10-7-11-28(18-26)34-20-24-8-5-4-6-9-24/h4-12,14,18-19,22,34H,13,15-17,20-21H2,1-3H3,(H,35,39)(H,37,38). The maximum atomic E-state index is 12.0. The summed E-state index contributed by atoms with van der Waals surface area (Å²) in [6.45, 7) is 6.71. The quantitative estimate of drug-likeness (QED) is 0.156. The Kier molecular flexibility index (Phi) is 10.6. The van der Waals surface area contributed by atoms with Crippen molar-refractivity contribution < 1.29 is 28.6 Å². The van der Waals surface area contributed by atoms with Gasteiger partial charge < -0.3 is 29.6 Å². The van der Waals surface area contributed by atoms with Crippen LogP contribution in [0.25, 0.3) is 11.5 Å². The minimum Gasteiger partial charge on any atom is -0.493 e. The van der Waals surface area contributed by atoms with E-state index in [9.17, 15) is 9.59 Å². The van der Waals surface area contributed by atoms with Crippen molar-refractivity contribution in [3.05, 3.63) is 101 Å². The third kappa shape index (κ3) is 9.12. The van der Waals surface area contributed by atoms with Crippen molar-refractivity contribution >= 4 is 17.7 Å². The number of rotatable bonds is 14. The summed E-state index contributed by atoms with van der Waals surface area (Å²) in [6, 6.07) is 23.7. The van der Waals surface area contributed by atoms with E-state index in [0.717, 1.165) is 40.4 Å². The van der Waals surface area contributed by atoms with Gasteiger partial charge in [0.15, 0.2) is 0 Å². The van der Waals surface area contributed by atoms with E-state index in [1.165, 1.54) is 5.56 Å². The number of carbonyl (C=O) groups excluding carboxylic acids is 1. The highest BCUT2D eigenvalue weighted by molar-refractivity contribution is 5.68. The number of anilines is 1. The van der Waals surface area contributed by atoms with Gasteiger partial charge in [0.2, 0.25) is 5.89 Å². The number of hydrogen-bond donors (Lipinski definition) is 3. The molecule has 0 spiro atoms. The summed E-state index contributed by atoms with van der Waals surface area (Å²) in [7, 11) is 0.